The molecule has 66 valence electrons. The van der Waals surface area contributed by atoms with Gasteiger partial charge in [-0.15, -0.1) is 0 Å². The van der Waals surface area contributed by atoms with Gasteiger partial charge in [-0.3, -0.25) is 0 Å². The van der Waals surface area contributed by atoms with Crippen molar-refractivity contribution >= 4 is 7.85 Å². The molecule has 0 saturated heterocycles. The van der Waals surface area contributed by atoms with Crippen LogP contribution in [0.3, 0.4) is 0 Å². The van der Waals surface area contributed by atoms with Gasteiger partial charge in [-0.1, -0.05) is 44.2 Å². The SMILES string of the molecule is BC(C)C(=C/CC)/C(C)=C\C=C. The average molecular weight is 162 g/mol. The Balaban J connectivity index is 4.63. The summed E-state index contributed by atoms with van der Waals surface area (Å²) in [5.41, 5.74) is 2.78. The Kier molecular flexibility index (Phi) is 5.52. The zero-order valence-electron chi connectivity index (χ0n) is 8.72. The molecule has 1 heteroatoms. The third-order valence-corrected chi connectivity index (χ3v) is 1.87. The molecule has 0 nitrogen and oxygen atoms in total. The predicted octanol–water partition coefficient (Wildman–Crippen LogP) is 2.90. The normalized spacial score (nSPS) is 15.9. The van der Waals surface area contributed by atoms with Crippen LogP contribution in [0.5, 0.6) is 0 Å². The minimum absolute atomic E-state index is 0.612. The van der Waals surface area contributed by atoms with Crippen LogP contribution < -0.4 is 0 Å². The van der Waals surface area contributed by atoms with Crippen molar-refractivity contribution in [3.05, 3.63) is 36.0 Å². The molecule has 0 fully saturated rings. The lowest BCUT2D eigenvalue weighted by atomic mass is 9.79. The van der Waals surface area contributed by atoms with Crippen molar-refractivity contribution in [2.45, 2.75) is 33.0 Å². The lowest BCUT2D eigenvalue weighted by Gasteiger charge is -2.11. The summed E-state index contributed by atoms with van der Waals surface area (Å²) in [4.78, 5) is 0. The van der Waals surface area contributed by atoms with Crippen LogP contribution in [0.2, 0.25) is 5.82 Å². The molecule has 0 aromatic rings. The van der Waals surface area contributed by atoms with E-state index in [1.807, 2.05) is 6.08 Å². The summed E-state index contributed by atoms with van der Waals surface area (Å²) < 4.78 is 0. The second-order valence-corrected chi connectivity index (χ2v) is 3.31. The maximum atomic E-state index is 3.70. The van der Waals surface area contributed by atoms with Gasteiger partial charge in [0.1, 0.15) is 7.85 Å². The third kappa shape index (κ3) is 3.61. The van der Waals surface area contributed by atoms with Gasteiger partial charge in [0.2, 0.25) is 0 Å². The molecule has 0 aromatic heterocycles. The molecule has 0 bridgehead atoms. The molecule has 0 radical (unpaired) electrons. The third-order valence-electron chi connectivity index (χ3n) is 1.87. The van der Waals surface area contributed by atoms with Crippen LogP contribution in [0.4, 0.5) is 0 Å². The summed E-state index contributed by atoms with van der Waals surface area (Å²) in [7, 11) is 2.22. The fourth-order valence-corrected chi connectivity index (χ4v) is 1.34. The Bertz CT molecular complexity index is 197. The standard InChI is InChI=1S/C11H19B/c1-5-7-9(3)11(8-6-2)10(4)12/h5,7-8,10H,1,6,12H2,2-4H3/b9-7-,11-8+. The van der Waals surface area contributed by atoms with Gasteiger partial charge in [0, 0.05) is 0 Å². The van der Waals surface area contributed by atoms with E-state index in [0.29, 0.717) is 5.82 Å². The van der Waals surface area contributed by atoms with E-state index in [4.69, 9.17) is 0 Å². The van der Waals surface area contributed by atoms with E-state index in [1.54, 1.807) is 0 Å². The molecule has 0 aliphatic carbocycles. The van der Waals surface area contributed by atoms with Crippen LogP contribution in [-0.2, 0) is 0 Å². The summed E-state index contributed by atoms with van der Waals surface area (Å²) in [6.07, 6.45) is 7.32. The van der Waals surface area contributed by atoms with Gasteiger partial charge in [0.25, 0.3) is 0 Å². The fraction of sp³-hybridized carbons (Fsp3) is 0.455. The zero-order chi connectivity index (χ0) is 9.56. The molecule has 0 spiro atoms. The summed E-state index contributed by atoms with van der Waals surface area (Å²) in [5, 5.41) is 0. The van der Waals surface area contributed by atoms with E-state index in [9.17, 15) is 0 Å². The molecule has 0 aromatic carbocycles. The fourth-order valence-electron chi connectivity index (χ4n) is 1.34. The van der Waals surface area contributed by atoms with Crippen LogP contribution in [0.25, 0.3) is 0 Å². The zero-order valence-corrected chi connectivity index (χ0v) is 8.72. The molecular formula is C11H19B. The quantitative estimate of drug-likeness (QED) is 0.440. The van der Waals surface area contributed by atoms with Gasteiger partial charge in [-0.05, 0) is 24.7 Å². The Labute approximate surface area is 77.5 Å². The van der Waals surface area contributed by atoms with E-state index in [0.717, 1.165) is 6.42 Å². The maximum Gasteiger partial charge on any atom is 0.110 e. The van der Waals surface area contributed by atoms with Crippen LogP contribution in [0.15, 0.2) is 36.0 Å². The summed E-state index contributed by atoms with van der Waals surface area (Å²) in [6.45, 7) is 10.2. The van der Waals surface area contributed by atoms with Gasteiger partial charge in [-0.25, -0.2) is 0 Å². The minimum Gasteiger partial charge on any atom is -0.0991 e. The second-order valence-electron chi connectivity index (χ2n) is 3.31. The molecule has 12 heavy (non-hydrogen) atoms. The Morgan fingerprint density at radius 1 is 1.58 bits per heavy atom. The van der Waals surface area contributed by atoms with Crippen LogP contribution in [-0.4, -0.2) is 7.85 Å². The Morgan fingerprint density at radius 2 is 2.17 bits per heavy atom. The molecular weight excluding hydrogens is 143 g/mol. The predicted molar refractivity (Wildman–Crippen MR) is 60.3 cm³/mol. The lowest BCUT2D eigenvalue weighted by molar-refractivity contribution is 1.06. The van der Waals surface area contributed by atoms with Crippen molar-refractivity contribution in [3.63, 3.8) is 0 Å². The largest absolute Gasteiger partial charge is 0.110 e. The monoisotopic (exact) mass is 162 g/mol. The van der Waals surface area contributed by atoms with Gasteiger partial charge in [-0.2, -0.15) is 0 Å². The summed E-state index contributed by atoms with van der Waals surface area (Å²) >= 11 is 0. The van der Waals surface area contributed by atoms with Crippen molar-refractivity contribution in [2.75, 3.05) is 0 Å². The van der Waals surface area contributed by atoms with E-state index in [2.05, 4.69) is 47.3 Å². The molecule has 0 N–H and O–H groups in total. The van der Waals surface area contributed by atoms with Gasteiger partial charge in [0.15, 0.2) is 0 Å². The van der Waals surface area contributed by atoms with Crippen molar-refractivity contribution < 1.29 is 0 Å². The smallest absolute Gasteiger partial charge is 0.0991 e. The van der Waals surface area contributed by atoms with Crippen molar-refractivity contribution in [3.8, 4) is 0 Å². The van der Waals surface area contributed by atoms with Crippen molar-refractivity contribution in [1.29, 1.82) is 0 Å². The maximum absolute atomic E-state index is 3.70. The van der Waals surface area contributed by atoms with Gasteiger partial charge >= 0.3 is 0 Å². The van der Waals surface area contributed by atoms with Crippen LogP contribution in [0, 0.1) is 0 Å². The van der Waals surface area contributed by atoms with Crippen molar-refractivity contribution in [1.82, 2.24) is 0 Å². The first kappa shape index (κ1) is 11.3. The van der Waals surface area contributed by atoms with Crippen LogP contribution >= 0.6 is 0 Å². The first-order valence-corrected chi connectivity index (χ1v) is 4.63. The molecule has 0 saturated carbocycles. The lowest BCUT2D eigenvalue weighted by Crippen LogP contribution is -1.93. The molecule has 0 rings (SSSR count). The van der Waals surface area contributed by atoms with E-state index in [1.165, 1.54) is 11.1 Å². The second kappa shape index (κ2) is 5.88. The highest BCUT2D eigenvalue weighted by Gasteiger charge is 2.03. The molecule has 0 amide bonds. The summed E-state index contributed by atoms with van der Waals surface area (Å²) in [5.74, 6) is 0.612. The van der Waals surface area contributed by atoms with Gasteiger partial charge < -0.3 is 0 Å². The van der Waals surface area contributed by atoms with E-state index < -0.39 is 0 Å². The highest BCUT2D eigenvalue weighted by molar-refractivity contribution is 6.13. The highest BCUT2D eigenvalue weighted by atomic mass is 14.0. The molecule has 0 aliphatic heterocycles. The first-order chi connectivity index (χ1) is 5.63. The number of rotatable bonds is 4. The first-order valence-electron chi connectivity index (χ1n) is 4.63. The molecule has 1 unspecified atom stereocenters. The molecule has 0 heterocycles. The molecule has 1 atom stereocenters. The van der Waals surface area contributed by atoms with E-state index >= 15 is 0 Å². The average Bonchev–Trinajstić information content (AvgIpc) is 1.99. The number of allylic oxidation sites excluding steroid dienone is 5. The highest BCUT2D eigenvalue weighted by Crippen LogP contribution is 2.21. The summed E-state index contributed by atoms with van der Waals surface area (Å²) in [6, 6.07) is 0. The van der Waals surface area contributed by atoms with Crippen molar-refractivity contribution in [2.24, 2.45) is 0 Å². The Hall–Kier alpha value is -0.715. The van der Waals surface area contributed by atoms with E-state index in [-0.39, 0.29) is 0 Å². The number of hydrogen-bond donors (Lipinski definition) is 0. The Morgan fingerprint density at radius 3 is 2.50 bits per heavy atom. The minimum atomic E-state index is 0.612. The van der Waals surface area contributed by atoms with Gasteiger partial charge in [0.05, 0.1) is 0 Å². The number of hydrogen-bond acceptors (Lipinski definition) is 0. The van der Waals surface area contributed by atoms with Crippen LogP contribution in [0.1, 0.15) is 27.2 Å². The topological polar surface area (TPSA) is 0 Å². The molecule has 0 aliphatic rings.